The normalized spacial score (nSPS) is 22.5. The fourth-order valence-corrected chi connectivity index (χ4v) is 2.78. The first kappa shape index (κ1) is 15.9. The number of ether oxygens (including phenoxy) is 1. The van der Waals surface area contributed by atoms with Crippen LogP contribution < -0.4 is 0 Å². The Labute approximate surface area is 137 Å². The summed E-state index contributed by atoms with van der Waals surface area (Å²) in [4.78, 5) is 2.44. The minimum absolute atomic E-state index is 0.0694. The van der Waals surface area contributed by atoms with Gasteiger partial charge in [0, 0.05) is 19.1 Å². The average Bonchev–Trinajstić information content (AvgIpc) is 2.58. The van der Waals surface area contributed by atoms with Crippen molar-refractivity contribution < 1.29 is 9.13 Å². The fraction of sp³-hybridized carbons (Fsp3) is 0.300. The standard InChI is InChI=1S/C20H22FNO/c1-16-15-23-20(12-9-17-7-10-19(21)11-8-17)14-22(16)13-18-5-3-2-4-6-18/h2-12,16,20H,13-15H2,1H3. The molecule has 0 saturated carbocycles. The van der Waals surface area contributed by atoms with Crippen molar-refractivity contribution in [2.45, 2.75) is 25.6 Å². The Morgan fingerprint density at radius 2 is 1.87 bits per heavy atom. The predicted octanol–water partition coefficient (Wildman–Crippen LogP) is 4.13. The molecule has 0 aliphatic carbocycles. The smallest absolute Gasteiger partial charge is 0.123 e. The van der Waals surface area contributed by atoms with Gasteiger partial charge in [-0.2, -0.15) is 0 Å². The first-order chi connectivity index (χ1) is 11.2. The molecule has 1 aliphatic heterocycles. The van der Waals surface area contributed by atoms with E-state index in [1.165, 1.54) is 17.7 Å². The van der Waals surface area contributed by atoms with Crippen LogP contribution in [0.3, 0.4) is 0 Å². The third-order valence-electron chi connectivity index (χ3n) is 4.19. The van der Waals surface area contributed by atoms with Gasteiger partial charge in [0.15, 0.2) is 0 Å². The maximum Gasteiger partial charge on any atom is 0.123 e. The third-order valence-corrected chi connectivity index (χ3v) is 4.19. The number of rotatable bonds is 4. The van der Waals surface area contributed by atoms with Gasteiger partial charge in [0.25, 0.3) is 0 Å². The Hall–Kier alpha value is -1.97. The first-order valence-corrected chi connectivity index (χ1v) is 8.04. The Morgan fingerprint density at radius 3 is 2.61 bits per heavy atom. The molecule has 1 aliphatic rings. The summed E-state index contributed by atoms with van der Waals surface area (Å²) in [6.07, 6.45) is 4.14. The molecule has 3 rings (SSSR count). The minimum Gasteiger partial charge on any atom is -0.371 e. The lowest BCUT2D eigenvalue weighted by Gasteiger charge is -2.37. The number of benzene rings is 2. The van der Waals surface area contributed by atoms with E-state index in [2.05, 4.69) is 42.2 Å². The largest absolute Gasteiger partial charge is 0.371 e. The highest BCUT2D eigenvalue weighted by Gasteiger charge is 2.24. The molecule has 0 N–H and O–H groups in total. The van der Waals surface area contributed by atoms with E-state index >= 15 is 0 Å². The zero-order valence-corrected chi connectivity index (χ0v) is 13.4. The van der Waals surface area contributed by atoms with Gasteiger partial charge in [-0.15, -0.1) is 0 Å². The van der Waals surface area contributed by atoms with Crippen molar-refractivity contribution in [3.05, 3.63) is 77.6 Å². The number of hydrogen-bond acceptors (Lipinski definition) is 2. The van der Waals surface area contributed by atoms with Crippen molar-refractivity contribution in [1.82, 2.24) is 4.90 Å². The van der Waals surface area contributed by atoms with Gasteiger partial charge in [-0.05, 0) is 30.2 Å². The van der Waals surface area contributed by atoms with Crippen LogP contribution in [0.1, 0.15) is 18.1 Å². The third kappa shape index (κ3) is 4.50. The molecule has 1 saturated heterocycles. The molecule has 3 heteroatoms. The number of nitrogens with zero attached hydrogens (tertiary/aromatic N) is 1. The monoisotopic (exact) mass is 311 g/mol. The topological polar surface area (TPSA) is 12.5 Å². The molecule has 120 valence electrons. The summed E-state index contributed by atoms with van der Waals surface area (Å²) in [7, 11) is 0. The summed E-state index contributed by atoms with van der Waals surface area (Å²) in [5.74, 6) is -0.209. The lowest BCUT2D eigenvalue weighted by atomic mass is 10.1. The molecule has 2 nitrogen and oxygen atoms in total. The van der Waals surface area contributed by atoms with E-state index in [-0.39, 0.29) is 11.9 Å². The van der Waals surface area contributed by atoms with Gasteiger partial charge in [0.2, 0.25) is 0 Å². The number of halogens is 1. The van der Waals surface area contributed by atoms with E-state index in [1.54, 1.807) is 12.1 Å². The summed E-state index contributed by atoms with van der Waals surface area (Å²) in [6, 6.07) is 17.4. The zero-order valence-electron chi connectivity index (χ0n) is 13.4. The second kappa shape index (κ2) is 7.53. The van der Waals surface area contributed by atoms with Crippen molar-refractivity contribution in [2.75, 3.05) is 13.2 Å². The van der Waals surface area contributed by atoms with Gasteiger partial charge in [0.1, 0.15) is 5.82 Å². The van der Waals surface area contributed by atoms with Crippen LogP contribution in [0.4, 0.5) is 4.39 Å². The lowest BCUT2D eigenvalue weighted by molar-refractivity contribution is -0.0395. The molecule has 0 aromatic heterocycles. The second-order valence-corrected chi connectivity index (χ2v) is 6.05. The van der Waals surface area contributed by atoms with E-state index in [4.69, 9.17) is 4.74 Å². The molecule has 2 atom stereocenters. The van der Waals surface area contributed by atoms with Gasteiger partial charge in [-0.1, -0.05) is 54.6 Å². The summed E-state index contributed by atoms with van der Waals surface area (Å²) < 4.78 is 18.8. The lowest BCUT2D eigenvalue weighted by Crippen LogP contribution is -2.47. The summed E-state index contributed by atoms with van der Waals surface area (Å²) in [6.45, 7) is 4.73. The Bertz CT molecular complexity index is 638. The second-order valence-electron chi connectivity index (χ2n) is 6.05. The van der Waals surface area contributed by atoms with E-state index in [0.717, 1.165) is 25.3 Å². The van der Waals surface area contributed by atoms with Crippen LogP contribution >= 0.6 is 0 Å². The number of hydrogen-bond donors (Lipinski definition) is 0. The van der Waals surface area contributed by atoms with Crippen LogP contribution in [-0.2, 0) is 11.3 Å². The van der Waals surface area contributed by atoms with E-state index < -0.39 is 0 Å². The maximum absolute atomic E-state index is 12.9. The average molecular weight is 311 g/mol. The van der Waals surface area contributed by atoms with Crippen molar-refractivity contribution in [3.8, 4) is 0 Å². The molecule has 1 fully saturated rings. The van der Waals surface area contributed by atoms with Crippen molar-refractivity contribution >= 4 is 6.08 Å². The first-order valence-electron chi connectivity index (χ1n) is 8.04. The highest BCUT2D eigenvalue weighted by molar-refractivity contribution is 5.49. The summed E-state index contributed by atoms with van der Waals surface area (Å²) in [5.41, 5.74) is 2.31. The van der Waals surface area contributed by atoms with Gasteiger partial charge in [0.05, 0.1) is 12.7 Å². The molecule has 23 heavy (non-hydrogen) atoms. The van der Waals surface area contributed by atoms with Crippen LogP contribution in [0.25, 0.3) is 6.08 Å². The summed E-state index contributed by atoms with van der Waals surface area (Å²) in [5, 5.41) is 0. The Balaban J connectivity index is 1.62. The molecular weight excluding hydrogens is 289 g/mol. The molecular formula is C20H22FNO. The zero-order chi connectivity index (χ0) is 16.1. The quantitative estimate of drug-likeness (QED) is 0.842. The van der Waals surface area contributed by atoms with Gasteiger partial charge in [-0.3, -0.25) is 4.90 Å². The van der Waals surface area contributed by atoms with Gasteiger partial charge in [-0.25, -0.2) is 4.39 Å². The molecule has 0 amide bonds. The van der Waals surface area contributed by atoms with Crippen LogP contribution in [0, 0.1) is 5.82 Å². The Morgan fingerprint density at radius 1 is 1.13 bits per heavy atom. The Kier molecular flexibility index (Phi) is 5.21. The maximum atomic E-state index is 12.9. The number of morpholine rings is 1. The fourth-order valence-electron chi connectivity index (χ4n) is 2.78. The van der Waals surface area contributed by atoms with Crippen LogP contribution in [0.15, 0.2) is 60.7 Å². The minimum atomic E-state index is -0.209. The van der Waals surface area contributed by atoms with E-state index in [9.17, 15) is 4.39 Å². The van der Waals surface area contributed by atoms with Crippen LogP contribution in [0.5, 0.6) is 0 Å². The van der Waals surface area contributed by atoms with Crippen LogP contribution in [0.2, 0.25) is 0 Å². The molecule has 2 aromatic carbocycles. The molecule has 0 spiro atoms. The van der Waals surface area contributed by atoms with Crippen molar-refractivity contribution in [1.29, 1.82) is 0 Å². The highest BCUT2D eigenvalue weighted by atomic mass is 19.1. The predicted molar refractivity (Wildman–Crippen MR) is 91.5 cm³/mol. The van der Waals surface area contributed by atoms with Crippen LogP contribution in [-0.4, -0.2) is 30.2 Å². The molecule has 2 aromatic rings. The summed E-state index contributed by atoms with van der Waals surface area (Å²) >= 11 is 0. The van der Waals surface area contributed by atoms with Gasteiger partial charge >= 0.3 is 0 Å². The van der Waals surface area contributed by atoms with Crippen molar-refractivity contribution in [3.63, 3.8) is 0 Å². The van der Waals surface area contributed by atoms with E-state index in [0.29, 0.717) is 6.04 Å². The van der Waals surface area contributed by atoms with Crippen molar-refractivity contribution in [2.24, 2.45) is 0 Å². The molecule has 0 radical (unpaired) electrons. The highest BCUT2D eigenvalue weighted by Crippen LogP contribution is 2.17. The van der Waals surface area contributed by atoms with E-state index in [1.807, 2.05) is 12.1 Å². The molecule has 0 bridgehead atoms. The van der Waals surface area contributed by atoms with Gasteiger partial charge < -0.3 is 4.74 Å². The molecule has 1 heterocycles. The molecule has 2 unspecified atom stereocenters. The SMILES string of the molecule is CC1COC(C=Cc2ccc(F)cc2)CN1Cc1ccccc1.